The smallest absolute Gasteiger partial charge is 0.267 e. The van der Waals surface area contributed by atoms with E-state index in [1.165, 1.54) is 18.5 Å². The van der Waals surface area contributed by atoms with Crippen LogP contribution >= 0.6 is 0 Å². The lowest BCUT2D eigenvalue weighted by atomic mass is 10.2. The number of carbonyl (C=O) groups excluding carboxylic acids is 1. The maximum Gasteiger partial charge on any atom is 0.272 e. The Hall–Kier alpha value is -2.63. The van der Waals surface area contributed by atoms with Crippen LogP contribution in [0.2, 0.25) is 0 Å². The summed E-state index contributed by atoms with van der Waals surface area (Å²) < 4.78 is 26.5. The average Bonchev–Trinajstić information content (AvgIpc) is 2.43. The first-order chi connectivity index (χ1) is 9.18. The van der Waals surface area contributed by atoms with E-state index in [0.29, 0.717) is 5.56 Å². The van der Waals surface area contributed by atoms with Gasteiger partial charge in [0, 0.05) is 12.4 Å². The number of benzene rings is 1. The van der Waals surface area contributed by atoms with Crippen molar-refractivity contribution in [2.45, 2.75) is 0 Å². The highest BCUT2D eigenvalue weighted by atomic mass is 19.1. The number of hydrogen-bond donors (Lipinski definition) is 1. The third-order valence-corrected chi connectivity index (χ3v) is 2.28. The molecule has 1 N–H and O–H groups in total. The molecule has 0 spiro atoms. The summed E-state index contributed by atoms with van der Waals surface area (Å²) in [5, 5.41) is 3.51. The zero-order valence-corrected chi connectivity index (χ0v) is 9.68. The standard InChI is InChI=1S/C13H9F2N3O/c14-11-4-1-5-12(15)10(11)8-17-18-13(19)9-3-2-6-16-7-9/h1-8H,(H,18,19)/b17-8-. The molecule has 2 aromatic rings. The highest BCUT2D eigenvalue weighted by Crippen LogP contribution is 2.08. The second-order valence-corrected chi connectivity index (χ2v) is 3.58. The van der Waals surface area contributed by atoms with Crippen molar-refractivity contribution in [3.05, 3.63) is 65.5 Å². The van der Waals surface area contributed by atoms with Crippen LogP contribution in [0.4, 0.5) is 8.78 Å². The molecule has 4 nitrogen and oxygen atoms in total. The normalized spacial score (nSPS) is 10.6. The fourth-order valence-electron chi connectivity index (χ4n) is 1.35. The van der Waals surface area contributed by atoms with Crippen LogP contribution in [0, 0.1) is 11.6 Å². The van der Waals surface area contributed by atoms with Gasteiger partial charge in [0.15, 0.2) is 0 Å². The van der Waals surface area contributed by atoms with Gasteiger partial charge >= 0.3 is 0 Å². The van der Waals surface area contributed by atoms with Crippen molar-refractivity contribution >= 4 is 12.1 Å². The molecule has 0 aliphatic rings. The summed E-state index contributed by atoms with van der Waals surface area (Å²) in [5.74, 6) is -2.01. The molecule has 96 valence electrons. The number of amides is 1. The van der Waals surface area contributed by atoms with Crippen molar-refractivity contribution in [2.24, 2.45) is 5.10 Å². The Labute approximate surface area is 107 Å². The Kier molecular flexibility index (Phi) is 3.92. The number of nitrogens with one attached hydrogen (secondary N) is 1. The van der Waals surface area contributed by atoms with E-state index in [1.54, 1.807) is 12.1 Å². The number of nitrogens with zero attached hydrogens (tertiary/aromatic N) is 2. The molecule has 0 fully saturated rings. The van der Waals surface area contributed by atoms with Crippen LogP contribution in [0.3, 0.4) is 0 Å². The van der Waals surface area contributed by atoms with Gasteiger partial charge in [-0.1, -0.05) is 6.07 Å². The molecule has 19 heavy (non-hydrogen) atoms. The van der Waals surface area contributed by atoms with Gasteiger partial charge in [-0.3, -0.25) is 9.78 Å². The molecular weight excluding hydrogens is 252 g/mol. The first-order valence-corrected chi connectivity index (χ1v) is 5.36. The van der Waals surface area contributed by atoms with E-state index in [2.05, 4.69) is 15.5 Å². The number of hydrogen-bond acceptors (Lipinski definition) is 3. The Morgan fingerprint density at radius 2 is 1.95 bits per heavy atom. The summed E-state index contributed by atoms with van der Waals surface area (Å²) >= 11 is 0. The minimum absolute atomic E-state index is 0.300. The average molecular weight is 261 g/mol. The molecule has 0 bridgehead atoms. The zero-order chi connectivity index (χ0) is 13.7. The summed E-state index contributed by atoms with van der Waals surface area (Å²) in [7, 11) is 0. The third-order valence-electron chi connectivity index (χ3n) is 2.28. The lowest BCUT2D eigenvalue weighted by Crippen LogP contribution is -2.17. The molecule has 1 amide bonds. The first-order valence-electron chi connectivity index (χ1n) is 5.36. The van der Waals surface area contributed by atoms with Gasteiger partial charge in [0.2, 0.25) is 0 Å². The van der Waals surface area contributed by atoms with Gasteiger partial charge in [-0.15, -0.1) is 0 Å². The molecule has 1 aromatic carbocycles. The maximum atomic E-state index is 13.2. The van der Waals surface area contributed by atoms with Crippen LogP contribution in [0.5, 0.6) is 0 Å². The highest BCUT2D eigenvalue weighted by Gasteiger charge is 2.06. The number of aromatic nitrogens is 1. The molecule has 1 aromatic heterocycles. The van der Waals surface area contributed by atoms with Gasteiger partial charge in [0.25, 0.3) is 5.91 Å². The molecule has 0 saturated heterocycles. The Morgan fingerprint density at radius 3 is 2.58 bits per heavy atom. The van der Waals surface area contributed by atoms with E-state index in [4.69, 9.17) is 0 Å². The van der Waals surface area contributed by atoms with E-state index < -0.39 is 17.5 Å². The molecule has 2 rings (SSSR count). The van der Waals surface area contributed by atoms with E-state index in [1.807, 2.05) is 0 Å². The monoisotopic (exact) mass is 261 g/mol. The third kappa shape index (κ3) is 3.19. The van der Waals surface area contributed by atoms with Crippen molar-refractivity contribution in [2.75, 3.05) is 0 Å². The summed E-state index contributed by atoms with van der Waals surface area (Å²) in [5.41, 5.74) is 2.15. The predicted octanol–water partition coefficient (Wildman–Crippen LogP) is 2.12. The highest BCUT2D eigenvalue weighted by molar-refractivity contribution is 5.94. The van der Waals surface area contributed by atoms with E-state index in [9.17, 15) is 13.6 Å². The van der Waals surface area contributed by atoms with Gasteiger partial charge in [-0.25, -0.2) is 14.2 Å². The summed E-state index contributed by atoms with van der Waals surface area (Å²) in [4.78, 5) is 15.3. The van der Waals surface area contributed by atoms with Crippen LogP contribution in [-0.4, -0.2) is 17.1 Å². The van der Waals surface area contributed by atoms with Crippen LogP contribution in [0.25, 0.3) is 0 Å². The number of pyridine rings is 1. The maximum absolute atomic E-state index is 13.2. The second kappa shape index (κ2) is 5.81. The lowest BCUT2D eigenvalue weighted by molar-refractivity contribution is 0.0954. The summed E-state index contributed by atoms with van der Waals surface area (Å²) in [6.07, 6.45) is 3.79. The molecule has 0 saturated carbocycles. The SMILES string of the molecule is O=C(N/N=C\c1c(F)cccc1F)c1cccnc1. The van der Waals surface area contributed by atoms with E-state index in [0.717, 1.165) is 18.3 Å². The topological polar surface area (TPSA) is 54.4 Å². The Balaban J connectivity index is 2.07. The van der Waals surface area contributed by atoms with Crippen LogP contribution < -0.4 is 5.43 Å². The predicted molar refractivity (Wildman–Crippen MR) is 65.7 cm³/mol. The zero-order valence-electron chi connectivity index (χ0n) is 9.68. The molecule has 0 unspecified atom stereocenters. The van der Waals surface area contributed by atoms with Crippen LogP contribution in [0.1, 0.15) is 15.9 Å². The second-order valence-electron chi connectivity index (χ2n) is 3.58. The molecule has 1 heterocycles. The largest absolute Gasteiger partial charge is 0.272 e. The van der Waals surface area contributed by atoms with Gasteiger partial charge in [-0.05, 0) is 24.3 Å². The number of carbonyl (C=O) groups is 1. The minimum atomic E-state index is -0.751. The minimum Gasteiger partial charge on any atom is -0.267 e. The fourth-order valence-corrected chi connectivity index (χ4v) is 1.35. The van der Waals surface area contributed by atoms with Gasteiger partial charge in [0.05, 0.1) is 17.3 Å². The van der Waals surface area contributed by atoms with Crippen molar-refractivity contribution < 1.29 is 13.6 Å². The molecule has 0 atom stereocenters. The first kappa shape index (κ1) is 12.8. The molecule has 0 radical (unpaired) electrons. The summed E-state index contributed by atoms with van der Waals surface area (Å²) in [6, 6.07) is 6.59. The van der Waals surface area contributed by atoms with Crippen molar-refractivity contribution in [1.82, 2.24) is 10.4 Å². The van der Waals surface area contributed by atoms with Gasteiger partial charge in [-0.2, -0.15) is 5.10 Å². The molecule has 6 heteroatoms. The summed E-state index contributed by atoms with van der Waals surface area (Å²) in [6.45, 7) is 0. The lowest BCUT2D eigenvalue weighted by Gasteiger charge is -2.00. The molecule has 0 aliphatic carbocycles. The van der Waals surface area contributed by atoms with Crippen molar-refractivity contribution in [3.8, 4) is 0 Å². The number of rotatable bonds is 3. The van der Waals surface area contributed by atoms with E-state index >= 15 is 0 Å². The van der Waals surface area contributed by atoms with Gasteiger partial charge < -0.3 is 0 Å². The van der Waals surface area contributed by atoms with Crippen LogP contribution in [0.15, 0.2) is 47.8 Å². The van der Waals surface area contributed by atoms with Crippen molar-refractivity contribution in [1.29, 1.82) is 0 Å². The number of halogens is 2. The Bertz CT molecular complexity index is 594. The Morgan fingerprint density at radius 1 is 1.21 bits per heavy atom. The van der Waals surface area contributed by atoms with Crippen molar-refractivity contribution in [3.63, 3.8) is 0 Å². The van der Waals surface area contributed by atoms with Crippen LogP contribution in [-0.2, 0) is 0 Å². The quantitative estimate of drug-likeness (QED) is 0.679. The molecule has 0 aliphatic heterocycles. The van der Waals surface area contributed by atoms with E-state index in [-0.39, 0.29) is 5.56 Å². The number of hydrazone groups is 1. The van der Waals surface area contributed by atoms with Gasteiger partial charge in [0.1, 0.15) is 11.6 Å². The molecular formula is C13H9F2N3O. The fraction of sp³-hybridized carbons (Fsp3) is 0.